The monoisotopic (exact) mass is 441 g/mol. The summed E-state index contributed by atoms with van der Waals surface area (Å²) in [6.07, 6.45) is 0.836. The summed E-state index contributed by atoms with van der Waals surface area (Å²) in [5, 5.41) is 0.692. The van der Waals surface area contributed by atoms with Crippen LogP contribution in [0.3, 0.4) is 0 Å². The number of benzene rings is 1. The van der Waals surface area contributed by atoms with E-state index in [0.29, 0.717) is 25.9 Å². The fraction of sp³-hybridized carbons (Fsp3) is 0.368. The molecule has 0 saturated carbocycles. The van der Waals surface area contributed by atoms with Crippen LogP contribution in [0.2, 0.25) is 8.67 Å². The minimum atomic E-state index is -0.158. The third-order valence-electron chi connectivity index (χ3n) is 4.34. The number of carbonyl (C=O) groups excluding carboxylic acids is 1. The summed E-state index contributed by atoms with van der Waals surface area (Å²) in [4.78, 5) is 21.8. The Morgan fingerprint density at radius 3 is 2.41 bits per heavy atom. The van der Waals surface area contributed by atoms with Crippen LogP contribution in [0.25, 0.3) is 10.2 Å². The third kappa shape index (κ3) is 4.63. The Kier molecular flexibility index (Phi) is 6.43. The van der Waals surface area contributed by atoms with Gasteiger partial charge in [-0.05, 0) is 70.2 Å². The van der Waals surface area contributed by atoms with E-state index in [0.717, 1.165) is 23.2 Å². The quantitative estimate of drug-likeness (QED) is 0.478. The van der Waals surface area contributed by atoms with E-state index in [4.69, 9.17) is 28.2 Å². The highest BCUT2D eigenvalue weighted by molar-refractivity contribution is 7.22. The van der Waals surface area contributed by atoms with Crippen LogP contribution in [-0.2, 0) is 0 Å². The van der Waals surface area contributed by atoms with E-state index in [-0.39, 0.29) is 5.91 Å². The molecular weight excluding hydrogens is 421 g/mol. The summed E-state index contributed by atoms with van der Waals surface area (Å²) >= 11 is 15.0. The van der Waals surface area contributed by atoms with E-state index in [9.17, 15) is 4.79 Å². The number of aromatic nitrogens is 1. The van der Waals surface area contributed by atoms with Crippen LogP contribution in [0.15, 0.2) is 18.2 Å². The smallest absolute Gasteiger partial charge is 0.262 e. The molecule has 144 valence electrons. The first kappa shape index (κ1) is 20.6. The lowest BCUT2D eigenvalue weighted by molar-refractivity contribution is 0.0986. The molecule has 0 atom stereocenters. The standard InChI is InChI=1S/C19H21Cl2N3OS2/c1-11-8-14-15(9-12(11)2)26-19(22-14)24(7-5-6-23(3)4)18(25)13-10-16(20)27-17(13)21/h8-10H,5-7H2,1-4H3. The first-order valence-electron chi connectivity index (χ1n) is 8.55. The number of aryl methyl sites for hydroxylation is 2. The van der Waals surface area contributed by atoms with Crippen molar-refractivity contribution in [2.45, 2.75) is 20.3 Å². The van der Waals surface area contributed by atoms with Gasteiger partial charge in [-0.25, -0.2) is 4.98 Å². The summed E-state index contributed by atoms with van der Waals surface area (Å²) in [5.74, 6) is -0.158. The lowest BCUT2D eigenvalue weighted by Gasteiger charge is -2.20. The van der Waals surface area contributed by atoms with Crippen LogP contribution in [0.1, 0.15) is 27.9 Å². The Labute approximate surface area is 177 Å². The van der Waals surface area contributed by atoms with Gasteiger partial charge in [0.15, 0.2) is 5.13 Å². The van der Waals surface area contributed by atoms with E-state index >= 15 is 0 Å². The Hall–Kier alpha value is -1.18. The molecular formula is C19H21Cl2N3OS2. The maximum absolute atomic E-state index is 13.2. The van der Waals surface area contributed by atoms with Crippen molar-refractivity contribution in [2.75, 3.05) is 32.1 Å². The first-order valence-corrected chi connectivity index (χ1v) is 10.9. The van der Waals surface area contributed by atoms with E-state index in [1.165, 1.54) is 33.8 Å². The second-order valence-corrected chi connectivity index (χ2v) is 10.0. The minimum absolute atomic E-state index is 0.158. The molecule has 0 N–H and O–H groups in total. The summed E-state index contributed by atoms with van der Waals surface area (Å²) < 4.78 is 2.00. The number of amides is 1. The van der Waals surface area contributed by atoms with Crippen molar-refractivity contribution < 1.29 is 4.79 Å². The van der Waals surface area contributed by atoms with Gasteiger partial charge in [-0.3, -0.25) is 9.69 Å². The molecule has 8 heteroatoms. The number of thiophene rings is 1. The van der Waals surface area contributed by atoms with Gasteiger partial charge in [0.1, 0.15) is 4.34 Å². The van der Waals surface area contributed by atoms with Crippen molar-refractivity contribution in [3.63, 3.8) is 0 Å². The van der Waals surface area contributed by atoms with Crippen molar-refractivity contribution >= 4 is 67.1 Å². The Morgan fingerprint density at radius 2 is 1.78 bits per heavy atom. The van der Waals surface area contributed by atoms with Gasteiger partial charge >= 0.3 is 0 Å². The highest BCUT2D eigenvalue weighted by Gasteiger charge is 2.24. The molecule has 0 aliphatic carbocycles. The van der Waals surface area contributed by atoms with Crippen molar-refractivity contribution in [3.8, 4) is 0 Å². The zero-order valence-corrected chi connectivity index (χ0v) is 18.8. The molecule has 0 unspecified atom stereocenters. The van der Waals surface area contributed by atoms with Crippen molar-refractivity contribution in [2.24, 2.45) is 0 Å². The van der Waals surface area contributed by atoms with Crippen molar-refractivity contribution in [1.82, 2.24) is 9.88 Å². The predicted molar refractivity (Wildman–Crippen MR) is 118 cm³/mol. The molecule has 0 spiro atoms. The fourth-order valence-electron chi connectivity index (χ4n) is 2.74. The number of nitrogens with zero attached hydrogens (tertiary/aromatic N) is 3. The molecule has 1 amide bonds. The maximum Gasteiger partial charge on any atom is 0.262 e. The number of anilines is 1. The average Bonchev–Trinajstić information content (AvgIpc) is 3.13. The molecule has 0 saturated heterocycles. The molecule has 1 aromatic carbocycles. The molecule has 2 aromatic heterocycles. The van der Waals surface area contributed by atoms with Crippen molar-refractivity contribution in [3.05, 3.63) is 43.6 Å². The molecule has 3 aromatic rings. The zero-order chi connectivity index (χ0) is 19.7. The van der Waals surface area contributed by atoms with Crippen LogP contribution in [0.4, 0.5) is 5.13 Å². The van der Waals surface area contributed by atoms with Gasteiger partial charge in [-0.1, -0.05) is 34.5 Å². The number of halogens is 2. The lowest BCUT2D eigenvalue weighted by Crippen LogP contribution is -2.33. The molecule has 3 rings (SSSR count). The fourth-order valence-corrected chi connectivity index (χ4v) is 5.26. The first-order chi connectivity index (χ1) is 12.8. The highest BCUT2D eigenvalue weighted by Crippen LogP contribution is 2.35. The largest absolute Gasteiger partial charge is 0.309 e. The van der Waals surface area contributed by atoms with Crippen molar-refractivity contribution in [1.29, 1.82) is 0 Å². The topological polar surface area (TPSA) is 36.4 Å². The molecule has 0 fully saturated rings. The molecule has 0 bridgehead atoms. The Bertz CT molecular complexity index is 942. The number of hydrogen-bond acceptors (Lipinski definition) is 5. The zero-order valence-electron chi connectivity index (χ0n) is 15.7. The van der Waals surface area contributed by atoms with Crippen LogP contribution in [-0.4, -0.2) is 43.0 Å². The highest BCUT2D eigenvalue weighted by atomic mass is 35.5. The predicted octanol–water partition coefficient (Wildman–Crippen LogP) is 5.88. The minimum Gasteiger partial charge on any atom is -0.309 e. The maximum atomic E-state index is 13.2. The Morgan fingerprint density at radius 1 is 1.07 bits per heavy atom. The molecule has 0 aliphatic heterocycles. The third-order valence-corrected chi connectivity index (χ3v) is 6.87. The van der Waals surface area contributed by atoms with Gasteiger partial charge in [0.2, 0.25) is 0 Å². The molecule has 0 radical (unpaired) electrons. The SMILES string of the molecule is Cc1cc2nc(N(CCCN(C)C)C(=O)c3cc(Cl)sc3Cl)sc2cc1C. The van der Waals surface area contributed by atoms with E-state index in [1.807, 2.05) is 14.1 Å². The second-order valence-electron chi connectivity index (χ2n) is 6.75. The number of thiazole rings is 1. The molecule has 0 aliphatic rings. The van der Waals surface area contributed by atoms with Gasteiger partial charge in [0.25, 0.3) is 5.91 Å². The average molecular weight is 442 g/mol. The van der Waals surface area contributed by atoms with Gasteiger partial charge < -0.3 is 4.90 Å². The molecule has 27 heavy (non-hydrogen) atoms. The normalized spacial score (nSPS) is 11.5. The molecule has 2 heterocycles. The number of carbonyl (C=O) groups is 1. The number of hydrogen-bond donors (Lipinski definition) is 0. The van der Waals surface area contributed by atoms with E-state index in [1.54, 1.807) is 11.0 Å². The van der Waals surface area contributed by atoms with Gasteiger partial charge in [0, 0.05) is 6.54 Å². The number of fused-ring (bicyclic) bond motifs is 1. The van der Waals surface area contributed by atoms with E-state index < -0.39 is 0 Å². The van der Waals surface area contributed by atoms with Gasteiger partial charge in [0.05, 0.1) is 20.1 Å². The van der Waals surface area contributed by atoms with Crippen LogP contribution < -0.4 is 4.90 Å². The van der Waals surface area contributed by atoms with Crippen LogP contribution in [0, 0.1) is 13.8 Å². The van der Waals surface area contributed by atoms with Gasteiger partial charge in [-0.15, -0.1) is 11.3 Å². The van der Waals surface area contributed by atoms with Gasteiger partial charge in [-0.2, -0.15) is 0 Å². The van der Waals surface area contributed by atoms with Crippen LogP contribution >= 0.6 is 45.9 Å². The Balaban J connectivity index is 1.98. The van der Waals surface area contributed by atoms with Crippen LogP contribution in [0.5, 0.6) is 0 Å². The molecule has 4 nitrogen and oxygen atoms in total. The number of rotatable bonds is 6. The summed E-state index contributed by atoms with van der Waals surface area (Å²) in [6.45, 7) is 5.60. The van der Waals surface area contributed by atoms with E-state index in [2.05, 4.69) is 30.9 Å². The summed E-state index contributed by atoms with van der Waals surface area (Å²) in [6, 6.07) is 5.84. The lowest BCUT2D eigenvalue weighted by atomic mass is 10.1. The summed E-state index contributed by atoms with van der Waals surface area (Å²) in [5.41, 5.74) is 3.76. The second kappa shape index (κ2) is 8.45. The summed E-state index contributed by atoms with van der Waals surface area (Å²) in [7, 11) is 4.04.